The van der Waals surface area contributed by atoms with Crippen LogP contribution in [0.15, 0.2) is 53.6 Å². The zero-order chi connectivity index (χ0) is 27.0. The standard InChI is InChI=1S/C32H45ClN2O2S/c1-3-4-5-6-7-8-9-10-11-12-13-14-21-37-29-19-20-31(30(33)22-29)34-32(36)28-17-15-27(16-18-28)24-35-23-26(2)38-25-35/h15-20,22-23H,3-14,21,24-25H2,1-2H3,(H,34,36). The first-order valence-electron chi connectivity index (χ1n) is 14.4. The first-order chi connectivity index (χ1) is 18.5. The molecule has 1 heterocycles. The Morgan fingerprint density at radius 1 is 0.921 bits per heavy atom. The van der Waals surface area contributed by atoms with Crippen molar-refractivity contribution in [2.45, 2.75) is 97.4 Å². The van der Waals surface area contributed by atoms with E-state index in [-0.39, 0.29) is 5.91 Å². The second-order valence-corrected chi connectivity index (χ2v) is 11.9. The van der Waals surface area contributed by atoms with Crippen LogP contribution < -0.4 is 10.1 Å². The number of carbonyl (C=O) groups is 1. The topological polar surface area (TPSA) is 41.6 Å². The summed E-state index contributed by atoms with van der Waals surface area (Å²) in [6, 6.07) is 13.2. The van der Waals surface area contributed by atoms with Gasteiger partial charge >= 0.3 is 0 Å². The Labute approximate surface area is 239 Å². The number of halogens is 1. The lowest BCUT2D eigenvalue weighted by molar-refractivity contribution is 0.102. The van der Waals surface area contributed by atoms with Gasteiger partial charge in [-0.15, -0.1) is 11.8 Å². The van der Waals surface area contributed by atoms with Gasteiger partial charge in [0, 0.05) is 24.4 Å². The Morgan fingerprint density at radius 3 is 2.13 bits per heavy atom. The van der Waals surface area contributed by atoms with Crippen molar-refractivity contribution in [2.75, 3.05) is 17.8 Å². The molecule has 0 spiro atoms. The van der Waals surface area contributed by atoms with Crippen LogP contribution in [0.5, 0.6) is 5.75 Å². The molecule has 1 aliphatic heterocycles. The molecule has 0 atom stereocenters. The van der Waals surface area contributed by atoms with E-state index >= 15 is 0 Å². The lowest BCUT2D eigenvalue weighted by Crippen LogP contribution is -2.14. The van der Waals surface area contributed by atoms with Crippen molar-refractivity contribution in [2.24, 2.45) is 0 Å². The predicted octanol–water partition coefficient (Wildman–Crippen LogP) is 10.0. The van der Waals surface area contributed by atoms with Gasteiger partial charge in [-0.25, -0.2) is 0 Å². The normalized spacial score (nSPS) is 13.0. The van der Waals surface area contributed by atoms with Gasteiger partial charge in [0.2, 0.25) is 0 Å². The summed E-state index contributed by atoms with van der Waals surface area (Å²) in [4.78, 5) is 16.3. The monoisotopic (exact) mass is 556 g/mol. The van der Waals surface area contributed by atoms with Gasteiger partial charge in [-0.3, -0.25) is 4.79 Å². The third-order valence-corrected chi connectivity index (χ3v) is 8.21. The fourth-order valence-electron chi connectivity index (χ4n) is 4.62. The van der Waals surface area contributed by atoms with Gasteiger partial charge < -0.3 is 15.0 Å². The molecular weight excluding hydrogens is 512 g/mol. The van der Waals surface area contributed by atoms with E-state index in [9.17, 15) is 4.79 Å². The summed E-state index contributed by atoms with van der Waals surface area (Å²) in [5.41, 5.74) is 2.38. The molecule has 0 radical (unpaired) electrons. The second kappa shape index (κ2) is 17.5. The average molecular weight is 557 g/mol. The molecule has 0 aromatic heterocycles. The number of rotatable bonds is 18. The van der Waals surface area contributed by atoms with E-state index in [1.807, 2.05) is 48.2 Å². The largest absolute Gasteiger partial charge is 0.494 e. The van der Waals surface area contributed by atoms with Gasteiger partial charge in [-0.2, -0.15) is 0 Å². The maximum atomic E-state index is 12.7. The number of hydrogen-bond acceptors (Lipinski definition) is 4. The van der Waals surface area contributed by atoms with Crippen LogP contribution in [0.4, 0.5) is 5.69 Å². The Kier molecular flexibility index (Phi) is 14.0. The van der Waals surface area contributed by atoms with Crippen LogP contribution in [0.1, 0.15) is 107 Å². The highest BCUT2D eigenvalue weighted by atomic mass is 35.5. The van der Waals surface area contributed by atoms with E-state index in [4.69, 9.17) is 16.3 Å². The highest BCUT2D eigenvalue weighted by Gasteiger charge is 2.12. The Hall–Kier alpha value is -2.11. The van der Waals surface area contributed by atoms with E-state index in [2.05, 4.69) is 30.3 Å². The van der Waals surface area contributed by atoms with Crippen LogP contribution >= 0.6 is 23.4 Å². The SMILES string of the molecule is CCCCCCCCCCCCCCOc1ccc(NC(=O)c2ccc(CN3C=C(C)SC3)cc2)c(Cl)c1. The smallest absolute Gasteiger partial charge is 0.255 e. The minimum atomic E-state index is -0.170. The van der Waals surface area contributed by atoms with Gasteiger partial charge in [0.25, 0.3) is 5.91 Å². The van der Waals surface area contributed by atoms with Crippen LogP contribution in [0, 0.1) is 0 Å². The lowest BCUT2D eigenvalue weighted by atomic mass is 10.1. The van der Waals surface area contributed by atoms with E-state index in [0.717, 1.165) is 24.6 Å². The van der Waals surface area contributed by atoms with Crippen molar-refractivity contribution >= 4 is 35.0 Å². The highest BCUT2D eigenvalue weighted by molar-refractivity contribution is 8.03. The number of unbranched alkanes of at least 4 members (excludes halogenated alkanes) is 11. The molecular formula is C32H45ClN2O2S. The molecule has 2 aromatic rings. The molecule has 0 bridgehead atoms. The molecule has 6 heteroatoms. The van der Waals surface area contributed by atoms with Gasteiger partial charge in [0.05, 0.1) is 23.2 Å². The number of nitrogens with zero attached hydrogens (tertiary/aromatic N) is 1. The van der Waals surface area contributed by atoms with Gasteiger partial charge in [-0.1, -0.05) is 101 Å². The van der Waals surface area contributed by atoms with E-state index < -0.39 is 0 Å². The van der Waals surface area contributed by atoms with Crippen molar-refractivity contribution in [3.63, 3.8) is 0 Å². The molecule has 208 valence electrons. The molecule has 3 rings (SSSR count). The molecule has 1 amide bonds. The molecule has 1 aliphatic rings. The maximum absolute atomic E-state index is 12.7. The maximum Gasteiger partial charge on any atom is 0.255 e. The second-order valence-electron chi connectivity index (χ2n) is 10.3. The van der Waals surface area contributed by atoms with Crippen molar-refractivity contribution in [1.82, 2.24) is 4.90 Å². The molecule has 0 aliphatic carbocycles. The van der Waals surface area contributed by atoms with Crippen molar-refractivity contribution in [1.29, 1.82) is 0 Å². The quantitative estimate of drug-likeness (QED) is 0.185. The highest BCUT2D eigenvalue weighted by Crippen LogP contribution is 2.28. The number of allylic oxidation sites excluding steroid dienone is 1. The van der Waals surface area contributed by atoms with Crippen LogP contribution in [-0.4, -0.2) is 23.3 Å². The fraction of sp³-hybridized carbons (Fsp3) is 0.531. The van der Waals surface area contributed by atoms with E-state index in [1.165, 1.54) is 81.1 Å². The minimum Gasteiger partial charge on any atom is -0.494 e. The summed E-state index contributed by atoms with van der Waals surface area (Å²) >= 11 is 8.29. The Bertz CT molecular complexity index is 1010. The van der Waals surface area contributed by atoms with Gasteiger partial charge in [-0.05, 0) is 48.1 Å². The van der Waals surface area contributed by atoms with E-state index in [1.54, 1.807) is 6.07 Å². The third-order valence-electron chi connectivity index (χ3n) is 6.88. The van der Waals surface area contributed by atoms with Crippen molar-refractivity contribution in [3.05, 3.63) is 69.7 Å². The van der Waals surface area contributed by atoms with Crippen LogP contribution in [0.3, 0.4) is 0 Å². The summed E-state index contributed by atoms with van der Waals surface area (Å²) in [6.07, 6.45) is 18.1. The first kappa shape index (κ1) is 30.4. The molecule has 0 unspecified atom stereocenters. The molecule has 2 aromatic carbocycles. The number of thioether (sulfide) groups is 1. The zero-order valence-corrected chi connectivity index (χ0v) is 24.8. The summed E-state index contributed by atoms with van der Waals surface area (Å²) < 4.78 is 5.89. The molecule has 0 saturated heterocycles. The number of benzene rings is 2. The van der Waals surface area contributed by atoms with Gasteiger partial charge in [0.1, 0.15) is 5.75 Å². The molecule has 0 fully saturated rings. The third kappa shape index (κ3) is 11.3. The van der Waals surface area contributed by atoms with E-state index in [0.29, 0.717) is 22.9 Å². The van der Waals surface area contributed by atoms with Crippen LogP contribution in [-0.2, 0) is 6.54 Å². The summed E-state index contributed by atoms with van der Waals surface area (Å²) in [5.74, 6) is 1.55. The Balaban J connectivity index is 1.29. The van der Waals surface area contributed by atoms with Crippen molar-refractivity contribution < 1.29 is 9.53 Å². The number of amides is 1. The minimum absolute atomic E-state index is 0.170. The van der Waals surface area contributed by atoms with Crippen LogP contribution in [0.2, 0.25) is 5.02 Å². The van der Waals surface area contributed by atoms with Crippen molar-refractivity contribution in [3.8, 4) is 5.75 Å². The predicted molar refractivity (Wildman–Crippen MR) is 164 cm³/mol. The first-order valence-corrected chi connectivity index (χ1v) is 15.8. The summed E-state index contributed by atoms with van der Waals surface area (Å²) in [5, 5.41) is 3.40. The number of ether oxygens (including phenoxy) is 1. The number of hydrogen-bond donors (Lipinski definition) is 1. The zero-order valence-electron chi connectivity index (χ0n) is 23.3. The Morgan fingerprint density at radius 2 is 1.55 bits per heavy atom. The molecule has 1 N–H and O–H groups in total. The number of anilines is 1. The summed E-state index contributed by atoms with van der Waals surface area (Å²) in [6.45, 7) is 5.94. The molecule has 38 heavy (non-hydrogen) atoms. The van der Waals surface area contributed by atoms with Crippen LogP contribution in [0.25, 0.3) is 0 Å². The average Bonchev–Trinajstić information content (AvgIpc) is 3.33. The fourth-order valence-corrected chi connectivity index (χ4v) is 5.59. The summed E-state index contributed by atoms with van der Waals surface area (Å²) in [7, 11) is 0. The lowest BCUT2D eigenvalue weighted by Gasteiger charge is -2.14. The number of carbonyl (C=O) groups excluding carboxylic acids is 1. The number of nitrogens with one attached hydrogen (secondary N) is 1. The molecule has 0 saturated carbocycles. The van der Waals surface area contributed by atoms with Gasteiger partial charge in [0.15, 0.2) is 0 Å². The molecule has 4 nitrogen and oxygen atoms in total.